The molecule has 1 saturated heterocycles. The van der Waals surface area contributed by atoms with E-state index in [1.807, 2.05) is 27.8 Å². The SMILES string of the molecule is CN1CCC(N(C(=O)c2ccc(Cl)cc2Cl)c2cc(C#CC(C)(C)C)sc2C(=O)O)CC1.Cl. The highest BCUT2D eigenvalue weighted by molar-refractivity contribution is 7.15. The number of rotatable bonds is 4. The molecule has 0 aliphatic carbocycles. The molecule has 0 spiro atoms. The van der Waals surface area contributed by atoms with Crippen LogP contribution >= 0.6 is 46.9 Å². The lowest BCUT2D eigenvalue weighted by molar-refractivity contribution is 0.0702. The van der Waals surface area contributed by atoms with Crippen LogP contribution in [0.2, 0.25) is 10.0 Å². The van der Waals surface area contributed by atoms with Crippen LogP contribution in [0.15, 0.2) is 24.3 Å². The van der Waals surface area contributed by atoms with Gasteiger partial charge in [0.1, 0.15) is 4.88 Å². The highest BCUT2D eigenvalue weighted by atomic mass is 35.5. The lowest BCUT2D eigenvalue weighted by Gasteiger charge is -2.37. The normalized spacial score (nSPS) is 14.7. The molecule has 1 aromatic heterocycles. The van der Waals surface area contributed by atoms with Crippen LogP contribution in [0, 0.1) is 17.3 Å². The molecule has 1 fully saturated rings. The molecule has 178 valence electrons. The van der Waals surface area contributed by atoms with Crippen LogP contribution in [-0.4, -0.2) is 48.1 Å². The van der Waals surface area contributed by atoms with E-state index in [-0.39, 0.29) is 39.7 Å². The Morgan fingerprint density at radius 3 is 2.36 bits per heavy atom. The molecule has 2 heterocycles. The number of carboxylic acid groups (broad SMARTS) is 1. The summed E-state index contributed by atoms with van der Waals surface area (Å²) >= 11 is 13.5. The summed E-state index contributed by atoms with van der Waals surface area (Å²) in [4.78, 5) is 30.3. The number of thiophene rings is 1. The zero-order chi connectivity index (χ0) is 23.6. The number of benzene rings is 1. The molecular weight excluding hydrogens is 503 g/mol. The molecule has 0 saturated carbocycles. The smallest absolute Gasteiger partial charge is 0.348 e. The van der Waals surface area contributed by atoms with Crippen molar-refractivity contribution >= 4 is 64.5 Å². The van der Waals surface area contributed by atoms with E-state index in [1.54, 1.807) is 23.1 Å². The molecular formula is C24H27Cl3N2O3S. The van der Waals surface area contributed by atoms with Gasteiger partial charge in [-0.25, -0.2) is 4.79 Å². The number of carboxylic acids is 1. The van der Waals surface area contributed by atoms with Crippen molar-refractivity contribution in [1.82, 2.24) is 4.90 Å². The van der Waals surface area contributed by atoms with E-state index < -0.39 is 5.97 Å². The summed E-state index contributed by atoms with van der Waals surface area (Å²) < 4.78 is 0. The van der Waals surface area contributed by atoms with Gasteiger partial charge in [-0.3, -0.25) is 4.79 Å². The number of amides is 1. The predicted molar refractivity (Wildman–Crippen MR) is 139 cm³/mol. The van der Waals surface area contributed by atoms with Crippen molar-refractivity contribution in [2.24, 2.45) is 5.41 Å². The molecule has 3 rings (SSSR count). The van der Waals surface area contributed by atoms with Crippen LogP contribution in [0.1, 0.15) is 58.5 Å². The fourth-order valence-electron chi connectivity index (χ4n) is 3.54. The number of aromatic carboxylic acids is 1. The first kappa shape index (κ1) is 27.5. The molecule has 0 atom stereocenters. The summed E-state index contributed by atoms with van der Waals surface area (Å²) in [6, 6.07) is 6.28. The number of carbonyl (C=O) groups is 2. The van der Waals surface area contributed by atoms with Gasteiger partial charge in [-0.15, -0.1) is 23.7 Å². The minimum atomic E-state index is -1.08. The summed E-state index contributed by atoms with van der Waals surface area (Å²) in [6.45, 7) is 7.59. The van der Waals surface area contributed by atoms with Crippen molar-refractivity contribution in [3.63, 3.8) is 0 Å². The first-order valence-electron chi connectivity index (χ1n) is 10.3. The van der Waals surface area contributed by atoms with Crippen LogP contribution in [-0.2, 0) is 0 Å². The van der Waals surface area contributed by atoms with Crippen molar-refractivity contribution in [1.29, 1.82) is 0 Å². The highest BCUT2D eigenvalue weighted by Crippen LogP contribution is 2.36. The predicted octanol–water partition coefficient (Wildman–Crippen LogP) is 6.31. The van der Waals surface area contributed by atoms with E-state index >= 15 is 0 Å². The Balaban J connectivity index is 0.00000385. The summed E-state index contributed by atoms with van der Waals surface area (Å²) in [5, 5.41) is 10.6. The van der Waals surface area contributed by atoms with Gasteiger partial charge in [-0.1, -0.05) is 35.0 Å². The number of halogens is 3. The third-order valence-corrected chi connectivity index (χ3v) is 6.74. The third-order valence-electron chi connectivity index (χ3n) is 5.16. The van der Waals surface area contributed by atoms with Crippen LogP contribution in [0.5, 0.6) is 0 Å². The highest BCUT2D eigenvalue weighted by Gasteiger charge is 2.34. The lowest BCUT2D eigenvalue weighted by atomic mass is 9.98. The Hall–Kier alpha value is -1.75. The molecule has 0 radical (unpaired) electrons. The van der Waals surface area contributed by atoms with Crippen molar-refractivity contribution in [2.45, 2.75) is 39.7 Å². The quantitative estimate of drug-likeness (QED) is 0.471. The average molecular weight is 530 g/mol. The molecule has 1 N–H and O–H groups in total. The average Bonchev–Trinajstić information content (AvgIpc) is 3.12. The largest absolute Gasteiger partial charge is 0.477 e. The molecule has 1 aliphatic rings. The molecule has 1 aromatic carbocycles. The molecule has 0 bridgehead atoms. The second kappa shape index (κ2) is 11.1. The molecule has 1 amide bonds. The van der Waals surface area contributed by atoms with Crippen molar-refractivity contribution in [3.05, 3.63) is 49.6 Å². The number of carbonyl (C=O) groups excluding carboxylic acids is 1. The second-order valence-electron chi connectivity index (χ2n) is 8.96. The van der Waals surface area contributed by atoms with Gasteiger partial charge in [0.2, 0.25) is 0 Å². The van der Waals surface area contributed by atoms with E-state index in [0.717, 1.165) is 37.3 Å². The van der Waals surface area contributed by atoms with Crippen LogP contribution in [0.4, 0.5) is 5.69 Å². The Labute approximate surface area is 215 Å². The van der Waals surface area contributed by atoms with Gasteiger partial charge in [-0.05, 0) is 78.0 Å². The van der Waals surface area contributed by atoms with Crippen LogP contribution < -0.4 is 4.90 Å². The summed E-state index contributed by atoms with van der Waals surface area (Å²) in [5.41, 5.74) is 0.430. The van der Waals surface area contributed by atoms with E-state index in [9.17, 15) is 14.7 Å². The zero-order valence-corrected chi connectivity index (χ0v) is 22.1. The summed E-state index contributed by atoms with van der Waals surface area (Å²) in [7, 11) is 2.03. The second-order valence-corrected chi connectivity index (χ2v) is 10.9. The number of likely N-dealkylation sites (tertiary alicyclic amines) is 1. The van der Waals surface area contributed by atoms with E-state index in [2.05, 4.69) is 16.7 Å². The molecule has 9 heteroatoms. The van der Waals surface area contributed by atoms with E-state index in [1.165, 1.54) is 6.07 Å². The van der Waals surface area contributed by atoms with Gasteiger partial charge in [0, 0.05) is 16.5 Å². The van der Waals surface area contributed by atoms with Gasteiger partial charge in [0.25, 0.3) is 5.91 Å². The lowest BCUT2D eigenvalue weighted by Crippen LogP contribution is -2.47. The Morgan fingerprint density at radius 1 is 1.18 bits per heavy atom. The van der Waals surface area contributed by atoms with Crippen molar-refractivity contribution < 1.29 is 14.7 Å². The maximum absolute atomic E-state index is 13.7. The Morgan fingerprint density at radius 2 is 1.82 bits per heavy atom. The van der Waals surface area contributed by atoms with Gasteiger partial charge in [0.05, 0.1) is 21.2 Å². The minimum Gasteiger partial charge on any atom is -0.477 e. The monoisotopic (exact) mass is 528 g/mol. The first-order chi connectivity index (χ1) is 15.0. The number of nitrogens with zero attached hydrogens (tertiary/aromatic N) is 2. The van der Waals surface area contributed by atoms with Crippen LogP contribution in [0.3, 0.4) is 0 Å². The Bertz CT molecular complexity index is 1090. The molecule has 0 unspecified atom stereocenters. The molecule has 2 aromatic rings. The minimum absolute atomic E-state index is 0. The van der Waals surface area contributed by atoms with E-state index in [4.69, 9.17) is 23.2 Å². The summed E-state index contributed by atoms with van der Waals surface area (Å²) in [6.07, 6.45) is 1.46. The number of hydrogen-bond acceptors (Lipinski definition) is 4. The third kappa shape index (κ3) is 6.88. The fourth-order valence-corrected chi connectivity index (χ4v) is 4.87. The molecule has 1 aliphatic heterocycles. The van der Waals surface area contributed by atoms with Gasteiger partial charge >= 0.3 is 5.97 Å². The maximum Gasteiger partial charge on any atom is 0.348 e. The standard InChI is InChI=1S/C24H26Cl2N2O3S.ClH/c1-24(2,3)10-7-17-14-20(21(32-17)23(30)31)28(16-8-11-27(4)12-9-16)22(29)18-6-5-15(25)13-19(18)26;/h5-6,13-14,16H,8-9,11-12H2,1-4H3,(H,30,31);1H. The van der Waals surface area contributed by atoms with Crippen LogP contribution in [0.25, 0.3) is 0 Å². The first-order valence-corrected chi connectivity index (χ1v) is 11.9. The van der Waals surface area contributed by atoms with Crippen molar-refractivity contribution in [2.75, 3.05) is 25.0 Å². The number of anilines is 1. The van der Waals surface area contributed by atoms with Gasteiger partial charge in [0.15, 0.2) is 0 Å². The summed E-state index contributed by atoms with van der Waals surface area (Å²) in [5.74, 6) is 4.80. The van der Waals surface area contributed by atoms with Gasteiger partial charge in [-0.2, -0.15) is 0 Å². The number of hydrogen-bond donors (Lipinski definition) is 1. The Kier molecular flexibility index (Phi) is 9.26. The van der Waals surface area contributed by atoms with Gasteiger partial charge < -0.3 is 14.9 Å². The van der Waals surface area contributed by atoms with Crippen molar-refractivity contribution in [3.8, 4) is 11.8 Å². The van der Waals surface area contributed by atoms with E-state index in [0.29, 0.717) is 21.2 Å². The zero-order valence-electron chi connectivity index (χ0n) is 18.9. The fraction of sp³-hybridized carbons (Fsp3) is 0.417. The molecule has 5 nitrogen and oxygen atoms in total. The maximum atomic E-state index is 13.7. The topological polar surface area (TPSA) is 60.9 Å². The number of piperidine rings is 1. The molecule has 33 heavy (non-hydrogen) atoms.